The molecule has 4 rings (SSSR count). The highest BCUT2D eigenvalue weighted by molar-refractivity contribution is 9.10. The van der Waals surface area contributed by atoms with Crippen molar-refractivity contribution in [2.24, 2.45) is 0 Å². The van der Waals surface area contributed by atoms with Crippen LogP contribution in [0.25, 0.3) is 0 Å². The number of rotatable bonds is 4. The summed E-state index contributed by atoms with van der Waals surface area (Å²) in [6, 6.07) is 41.0. The van der Waals surface area contributed by atoms with Gasteiger partial charge in [0, 0.05) is 0 Å². The van der Waals surface area contributed by atoms with Crippen LogP contribution in [0.4, 0.5) is 0 Å². The topological polar surface area (TPSA) is 23.1 Å². The smallest absolute Gasteiger partial charge is 0.127 e. The molecule has 1 nitrogen and oxygen atoms in total. The van der Waals surface area contributed by atoms with Gasteiger partial charge in [-0.1, -0.05) is 84.9 Å². The van der Waals surface area contributed by atoms with Gasteiger partial charge < -0.3 is 5.11 Å². The van der Waals surface area contributed by atoms with E-state index < -0.39 is 7.26 Å². The molecule has 4 aromatic rings. The molecule has 0 aliphatic rings. The average molecular weight is 449 g/mol. The number of halogens is 1. The predicted molar refractivity (Wildman–Crippen MR) is 125 cm³/mol. The second-order valence-corrected chi connectivity index (χ2v) is 11.2. The van der Waals surface area contributed by atoms with Crippen molar-refractivity contribution in [2.75, 3.05) is 5.07 Å². The van der Waals surface area contributed by atoms with Crippen LogP contribution in [0.1, 0.15) is 0 Å². The van der Waals surface area contributed by atoms with Crippen molar-refractivity contribution in [3.8, 4) is 5.75 Å². The maximum absolute atomic E-state index is 10.3. The first-order valence-electron chi connectivity index (χ1n) is 9.10. The zero-order valence-corrected chi connectivity index (χ0v) is 18.0. The number of hydrogen-bond acceptors (Lipinski definition) is 1. The van der Waals surface area contributed by atoms with Gasteiger partial charge in [-0.05, 0) is 52.3 Å². The summed E-state index contributed by atoms with van der Waals surface area (Å²) in [6.07, 6.45) is 0. The van der Waals surface area contributed by atoms with Crippen LogP contribution in [0.5, 0.6) is 5.75 Å². The molecule has 0 bridgehead atoms. The third kappa shape index (κ3) is 4.70. The van der Waals surface area contributed by atoms with Gasteiger partial charge in [-0.3, -0.25) is 0 Å². The van der Waals surface area contributed by atoms with E-state index in [-0.39, 0.29) is 5.75 Å². The Balaban J connectivity index is 0.000000271. The van der Waals surface area contributed by atoms with Gasteiger partial charge in [-0.25, -0.2) is 0 Å². The Morgan fingerprint density at radius 3 is 1.00 bits per heavy atom. The second-order valence-electron chi connectivity index (χ2n) is 6.25. The zero-order valence-electron chi connectivity index (χ0n) is 15.5. The summed E-state index contributed by atoms with van der Waals surface area (Å²) in [6.45, 7) is 0. The third-order valence-corrected chi connectivity index (χ3v) is 10.7. The van der Waals surface area contributed by atoms with Crippen molar-refractivity contribution in [1.29, 1.82) is 0 Å². The second kappa shape index (κ2) is 10.2. The van der Waals surface area contributed by atoms with Gasteiger partial charge in [0.25, 0.3) is 0 Å². The SMILES string of the molecule is BrC[P+](c1ccccc1)(c1ccccc1)c1ccccc1.[O-]c1ccccc1. The van der Waals surface area contributed by atoms with Gasteiger partial charge in [0.05, 0.1) is 0 Å². The molecular formula is C25H22BrOP. The highest BCUT2D eigenvalue weighted by atomic mass is 79.9. The molecule has 0 spiro atoms. The fraction of sp³-hybridized carbons (Fsp3) is 0.0400. The van der Waals surface area contributed by atoms with E-state index in [1.807, 2.05) is 6.07 Å². The Hall–Kier alpha value is -2.41. The van der Waals surface area contributed by atoms with E-state index in [1.165, 1.54) is 28.0 Å². The molecule has 0 atom stereocenters. The van der Waals surface area contributed by atoms with E-state index >= 15 is 0 Å². The van der Waals surface area contributed by atoms with Crippen LogP contribution in [-0.4, -0.2) is 5.07 Å². The molecular weight excluding hydrogens is 427 g/mol. The molecule has 3 heteroatoms. The van der Waals surface area contributed by atoms with Gasteiger partial charge in [-0.15, -0.1) is 5.75 Å². The maximum Gasteiger partial charge on any atom is 0.127 e. The van der Waals surface area contributed by atoms with Crippen LogP contribution >= 0.6 is 23.2 Å². The summed E-state index contributed by atoms with van der Waals surface area (Å²) in [5.41, 5.74) is 0. The van der Waals surface area contributed by atoms with E-state index in [1.54, 1.807) is 12.1 Å². The Morgan fingerprint density at radius 1 is 0.500 bits per heavy atom. The average Bonchev–Trinajstić information content (AvgIpc) is 2.78. The molecule has 0 heterocycles. The fourth-order valence-corrected chi connectivity index (χ4v) is 9.08. The van der Waals surface area contributed by atoms with E-state index in [0.717, 1.165) is 5.07 Å². The van der Waals surface area contributed by atoms with Crippen LogP contribution in [0.15, 0.2) is 121 Å². The summed E-state index contributed by atoms with van der Waals surface area (Å²) in [5.74, 6) is 0.0718. The molecule has 0 saturated carbocycles. The summed E-state index contributed by atoms with van der Waals surface area (Å²) in [5, 5.41) is 15.5. The molecule has 0 aliphatic carbocycles. The Labute approximate surface area is 176 Å². The summed E-state index contributed by atoms with van der Waals surface area (Å²) in [4.78, 5) is 0. The first kappa shape index (κ1) is 20.3. The highest BCUT2D eigenvalue weighted by Gasteiger charge is 2.44. The Bertz CT molecular complexity index is 848. The Morgan fingerprint density at radius 2 is 0.786 bits per heavy atom. The third-order valence-electron chi connectivity index (χ3n) is 4.51. The molecule has 0 unspecified atom stereocenters. The zero-order chi connectivity index (χ0) is 19.7. The lowest BCUT2D eigenvalue weighted by Crippen LogP contribution is -2.31. The molecule has 0 fully saturated rings. The van der Waals surface area contributed by atoms with E-state index in [9.17, 15) is 5.11 Å². The van der Waals surface area contributed by atoms with E-state index in [4.69, 9.17) is 0 Å². The minimum absolute atomic E-state index is 0.0718. The maximum atomic E-state index is 10.3. The lowest BCUT2D eigenvalue weighted by atomic mass is 10.3. The minimum atomic E-state index is -1.62. The number of alkyl halides is 1. The number of para-hydroxylation sites is 1. The van der Waals surface area contributed by atoms with E-state index in [0.29, 0.717) is 0 Å². The van der Waals surface area contributed by atoms with Gasteiger partial charge in [-0.2, -0.15) is 0 Å². The molecule has 0 N–H and O–H groups in total. The fourth-order valence-electron chi connectivity index (χ4n) is 3.12. The molecule has 0 amide bonds. The molecule has 28 heavy (non-hydrogen) atoms. The first-order chi connectivity index (χ1) is 13.8. The predicted octanol–water partition coefficient (Wildman–Crippen LogP) is 5.09. The van der Waals surface area contributed by atoms with Crippen LogP contribution in [0, 0.1) is 0 Å². The normalized spacial score (nSPS) is 10.6. The largest absolute Gasteiger partial charge is 0.872 e. The van der Waals surface area contributed by atoms with Crippen molar-refractivity contribution < 1.29 is 5.11 Å². The van der Waals surface area contributed by atoms with Gasteiger partial charge in [0.2, 0.25) is 0 Å². The van der Waals surface area contributed by atoms with Crippen molar-refractivity contribution in [1.82, 2.24) is 0 Å². The first-order valence-corrected chi connectivity index (χ1v) is 12.2. The molecule has 140 valence electrons. The minimum Gasteiger partial charge on any atom is -0.872 e. The number of hydrogen-bond donors (Lipinski definition) is 0. The molecule has 4 aromatic carbocycles. The van der Waals surface area contributed by atoms with Crippen molar-refractivity contribution in [3.05, 3.63) is 121 Å². The lowest BCUT2D eigenvalue weighted by molar-refractivity contribution is -0.268. The lowest BCUT2D eigenvalue weighted by Gasteiger charge is -2.25. The number of benzene rings is 4. The van der Waals surface area contributed by atoms with E-state index in [2.05, 4.69) is 107 Å². The van der Waals surface area contributed by atoms with Crippen molar-refractivity contribution in [2.45, 2.75) is 0 Å². The van der Waals surface area contributed by atoms with Crippen LogP contribution in [0.3, 0.4) is 0 Å². The molecule has 0 aromatic heterocycles. The van der Waals surface area contributed by atoms with Crippen LogP contribution in [-0.2, 0) is 0 Å². The monoisotopic (exact) mass is 448 g/mol. The van der Waals surface area contributed by atoms with Crippen molar-refractivity contribution in [3.63, 3.8) is 0 Å². The summed E-state index contributed by atoms with van der Waals surface area (Å²) in [7, 11) is -1.62. The highest BCUT2D eigenvalue weighted by Crippen LogP contribution is 2.56. The molecule has 0 saturated heterocycles. The Kier molecular flexibility index (Phi) is 7.42. The van der Waals surface area contributed by atoms with Gasteiger partial charge >= 0.3 is 0 Å². The van der Waals surface area contributed by atoms with Gasteiger partial charge in [0.15, 0.2) is 0 Å². The van der Waals surface area contributed by atoms with Crippen molar-refractivity contribution >= 4 is 39.1 Å². The quantitative estimate of drug-likeness (QED) is 0.314. The molecule has 0 radical (unpaired) electrons. The molecule has 0 aliphatic heterocycles. The standard InChI is InChI=1S/C19H17BrP.C6H6O/c20-16-21(17-10-4-1-5-11-17,18-12-6-2-7-13-18)19-14-8-3-9-15-19;7-6-4-2-1-3-5-6/h1-15H,16H2;1-5,7H/q+1;/p-1. The summed E-state index contributed by atoms with van der Waals surface area (Å²) >= 11 is 3.83. The summed E-state index contributed by atoms with van der Waals surface area (Å²) < 4.78 is 0. The van der Waals surface area contributed by atoms with Gasteiger partial charge in [0.1, 0.15) is 28.2 Å². The van der Waals surface area contributed by atoms with Crippen LogP contribution < -0.4 is 21.0 Å². The van der Waals surface area contributed by atoms with Crippen LogP contribution in [0.2, 0.25) is 0 Å².